The van der Waals surface area contributed by atoms with Crippen molar-refractivity contribution in [3.05, 3.63) is 0 Å². The van der Waals surface area contributed by atoms with E-state index in [1.165, 1.54) is 13.5 Å². The van der Waals surface area contributed by atoms with Crippen LogP contribution >= 0.6 is 0 Å². The molecule has 0 spiro atoms. The molecule has 3 fully saturated rings. The maximum absolute atomic E-state index is 12.6. The smallest absolute Gasteiger partial charge is 0.311 e. The Morgan fingerprint density at radius 1 is 1.14 bits per heavy atom. The highest BCUT2D eigenvalue weighted by atomic mass is 16.5. The molecule has 0 radical (unpaired) electrons. The number of methoxy groups -OCH3 is 1. The van der Waals surface area contributed by atoms with Crippen LogP contribution in [0.5, 0.6) is 0 Å². The van der Waals surface area contributed by atoms with Crippen LogP contribution in [0.1, 0.15) is 72.1 Å². The van der Waals surface area contributed by atoms with Crippen LogP contribution in [0.4, 0.5) is 0 Å². The first kappa shape index (κ1) is 16.0. The Kier molecular flexibility index (Phi) is 3.69. The SMILES string of the molecule is COC(=O)[C@@]1(C)CC[C@]2(C)[C@H](CC[C@]3(C)C(=O)CCC[C@@H]23)C1. The molecule has 0 aliphatic heterocycles. The molecule has 0 saturated heterocycles. The highest BCUT2D eigenvalue weighted by molar-refractivity contribution is 5.85. The number of hydrogen-bond acceptors (Lipinski definition) is 3. The summed E-state index contributed by atoms with van der Waals surface area (Å²) in [6.07, 6.45) is 7.98. The van der Waals surface area contributed by atoms with Crippen molar-refractivity contribution >= 4 is 11.8 Å². The van der Waals surface area contributed by atoms with E-state index < -0.39 is 0 Å². The van der Waals surface area contributed by atoms with E-state index in [1.54, 1.807) is 0 Å². The average molecular weight is 306 g/mol. The first-order valence-corrected chi connectivity index (χ1v) is 8.88. The Morgan fingerprint density at radius 3 is 2.55 bits per heavy atom. The predicted molar refractivity (Wildman–Crippen MR) is 85.3 cm³/mol. The third kappa shape index (κ3) is 2.07. The van der Waals surface area contributed by atoms with Gasteiger partial charge in [-0.2, -0.15) is 0 Å². The van der Waals surface area contributed by atoms with Crippen LogP contribution in [-0.4, -0.2) is 18.9 Å². The van der Waals surface area contributed by atoms with Gasteiger partial charge < -0.3 is 4.74 Å². The van der Waals surface area contributed by atoms with Gasteiger partial charge in [0.2, 0.25) is 0 Å². The van der Waals surface area contributed by atoms with Crippen molar-refractivity contribution in [2.24, 2.45) is 28.1 Å². The number of rotatable bonds is 1. The minimum atomic E-state index is -0.328. The second-order valence-electron chi connectivity index (χ2n) is 8.78. The zero-order chi connectivity index (χ0) is 16.2. The minimum absolute atomic E-state index is 0.0531. The topological polar surface area (TPSA) is 43.4 Å². The second kappa shape index (κ2) is 5.07. The van der Waals surface area contributed by atoms with Crippen LogP contribution in [0.2, 0.25) is 0 Å². The summed E-state index contributed by atoms with van der Waals surface area (Å²) >= 11 is 0. The van der Waals surface area contributed by atoms with Gasteiger partial charge in [0.25, 0.3) is 0 Å². The number of Topliss-reactive ketones (excluding diaryl/α,β-unsaturated/α-hetero) is 1. The molecule has 22 heavy (non-hydrogen) atoms. The van der Waals surface area contributed by atoms with Crippen molar-refractivity contribution in [2.75, 3.05) is 7.11 Å². The summed E-state index contributed by atoms with van der Waals surface area (Å²) in [6.45, 7) is 6.68. The molecule has 0 aromatic heterocycles. The molecule has 0 N–H and O–H groups in total. The van der Waals surface area contributed by atoms with Gasteiger partial charge in [0.15, 0.2) is 0 Å². The van der Waals surface area contributed by atoms with Gasteiger partial charge in [-0.05, 0) is 69.1 Å². The molecule has 0 heterocycles. The van der Waals surface area contributed by atoms with E-state index >= 15 is 0 Å². The van der Waals surface area contributed by atoms with Crippen molar-refractivity contribution in [2.45, 2.75) is 72.1 Å². The van der Waals surface area contributed by atoms with Crippen LogP contribution < -0.4 is 0 Å². The summed E-state index contributed by atoms with van der Waals surface area (Å²) in [5.41, 5.74) is -0.218. The molecule has 3 aliphatic carbocycles. The van der Waals surface area contributed by atoms with Gasteiger partial charge in [-0.15, -0.1) is 0 Å². The van der Waals surface area contributed by atoms with Gasteiger partial charge in [0, 0.05) is 11.8 Å². The summed E-state index contributed by atoms with van der Waals surface area (Å²) in [6, 6.07) is 0. The monoisotopic (exact) mass is 306 g/mol. The van der Waals surface area contributed by atoms with E-state index in [1.807, 2.05) is 0 Å². The molecule has 5 atom stereocenters. The highest BCUT2D eigenvalue weighted by Gasteiger charge is 2.60. The third-order valence-corrected chi connectivity index (χ3v) is 7.63. The van der Waals surface area contributed by atoms with E-state index in [4.69, 9.17) is 4.74 Å². The standard InChI is InChI=1S/C19H30O3/c1-17(16(21)22-4)10-11-18(2)13(12-17)8-9-19(3)14(18)6-5-7-15(19)20/h13-14H,5-12H2,1-4H3/t13-,14+,17+,18-,19+/m1/s1. The van der Waals surface area contributed by atoms with Gasteiger partial charge in [-0.25, -0.2) is 0 Å². The highest BCUT2D eigenvalue weighted by Crippen LogP contribution is 2.65. The van der Waals surface area contributed by atoms with Gasteiger partial charge in [-0.1, -0.05) is 13.8 Å². The van der Waals surface area contributed by atoms with Crippen LogP contribution in [0, 0.1) is 28.1 Å². The fraction of sp³-hybridized carbons (Fsp3) is 0.895. The summed E-state index contributed by atoms with van der Waals surface area (Å²) in [5, 5.41) is 0. The van der Waals surface area contributed by atoms with Crippen molar-refractivity contribution in [1.29, 1.82) is 0 Å². The van der Waals surface area contributed by atoms with Gasteiger partial charge in [0.05, 0.1) is 12.5 Å². The number of fused-ring (bicyclic) bond motifs is 3. The Bertz CT molecular complexity index is 499. The lowest BCUT2D eigenvalue weighted by molar-refractivity contribution is -0.171. The lowest BCUT2D eigenvalue weighted by Crippen LogP contribution is -2.57. The van der Waals surface area contributed by atoms with E-state index in [-0.39, 0.29) is 22.2 Å². The van der Waals surface area contributed by atoms with E-state index in [0.717, 1.165) is 44.9 Å². The molecule has 0 amide bonds. The lowest BCUT2D eigenvalue weighted by Gasteiger charge is -2.61. The molecule has 3 nitrogen and oxygen atoms in total. The van der Waals surface area contributed by atoms with Crippen LogP contribution in [0.15, 0.2) is 0 Å². The third-order valence-electron chi connectivity index (χ3n) is 7.63. The summed E-state index contributed by atoms with van der Waals surface area (Å²) in [7, 11) is 1.50. The number of carbonyl (C=O) groups is 2. The molecule has 3 aliphatic rings. The average Bonchev–Trinajstić information content (AvgIpc) is 2.49. The first-order chi connectivity index (χ1) is 10.3. The largest absolute Gasteiger partial charge is 0.469 e. The number of ketones is 1. The van der Waals surface area contributed by atoms with E-state index in [9.17, 15) is 9.59 Å². The Morgan fingerprint density at radius 2 is 1.86 bits per heavy atom. The summed E-state index contributed by atoms with van der Waals surface area (Å²) in [4.78, 5) is 24.8. The molecule has 3 saturated carbocycles. The first-order valence-electron chi connectivity index (χ1n) is 8.88. The fourth-order valence-corrected chi connectivity index (χ4v) is 6.06. The van der Waals surface area contributed by atoms with Crippen molar-refractivity contribution in [1.82, 2.24) is 0 Å². The molecule has 3 rings (SSSR count). The maximum Gasteiger partial charge on any atom is 0.311 e. The molecule has 0 unspecified atom stereocenters. The number of carbonyl (C=O) groups excluding carboxylic acids is 2. The van der Waals surface area contributed by atoms with Crippen molar-refractivity contribution in [3.8, 4) is 0 Å². The van der Waals surface area contributed by atoms with Gasteiger partial charge >= 0.3 is 5.97 Å². The van der Waals surface area contributed by atoms with E-state index in [0.29, 0.717) is 17.6 Å². The minimum Gasteiger partial charge on any atom is -0.469 e. The zero-order valence-corrected chi connectivity index (χ0v) is 14.5. The predicted octanol–water partition coefficient (Wildman–Crippen LogP) is 4.14. The molecule has 3 heteroatoms. The second-order valence-corrected chi connectivity index (χ2v) is 8.78. The van der Waals surface area contributed by atoms with Crippen molar-refractivity contribution in [3.63, 3.8) is 0 Å². The Balaban J connectivity index is 1.89. The van der Waals surface area contributed by atoms with E-state index in [2.05, 4.69) is 20.8 Å². The number of hydrogen-bond donors (Lipinski definition) is 0. The molecule has 0 bridgehead atoms. The van der Waals surface area contributed by atoms with Crippen molar-refractivity contribution < 1.29 is 14.3 Å². The van der Waals surface area contributed by atoms with Crippen LogP contribution in [0.3, 0.4) is 0 Å². The molecule has 0 aromatic carbocycles. The normalized spacial score (nSPS) is 48.3. The molecular formula is C19H30O3. The number of ether oxygens (including phenoxy) is 1. The summed E-state index contributed by atoms with van der Waals surface area (Å²) in [5.74, 6) is 1.49. The molecule has 124 valence electrons. The van der Waals surface area contributed by atoms with Gasteiger partial charge in [0.1, 0.15) is 5.78 Å². The van der Waals surface area contributed by atoms with Crippen LogP contribution in [-0.2, 0) is 14.3 Å². The zero-order valence-electron chi connectivity index (χ0n) is 14.5. The van der Waals surface area contributed by atoms with Crippen LogP contribution in [0.25, 0.3) is 0 Å². The molecular weight excluding hydrogens is 276 g/mol. The summed E-state index contributed by atoms with van der Waals surface area (Å²) < 4.78 is 5.06. The Hall–Kier alpha value is -0.860. The molecule has 0 aromatic rings. The lowest BCUT2D eigenvalue weighted by atomic mass is 9.43. The Labute approximate surface area is 134 Å². The number of esters is 1. The fourth-order valence-electron chi connectivity index (χ4n) is 6.06. The quantitative estimate of drug-likeness (QED) is 0.684. The maximum atomic E-state index is 12.6. The van der Waals surface area contributed by atoms with Gasteiger partial charge in [-0.3, -0.25) is 9.59 Å².